The minimum Gasteiger partial charge on any atom is -0.313 e. The van der Waals surface area contributed by atoms with Crippen LogP contribution in [0.2, 0.25) is 0 Å². The molecule has 0 saturated heterocycles. The Morgan fingerprint density at radius 2 is 1.95 bits per heavy atom. The van der Waals surface area contributed by atoms with E-state index in [1.54, 1.807) is 24.8 Å². The van der Waals surface area contributed by atoms with Crippen molar-refractivity contribution in [2.24, 2.45) is 7.05 Å². The maximum atomic E-state index is 13.1. The van der Waals surface area contributed by atoms with Crippen molar-refractivity contribution in [3.05, 3.63) is 52.8 Å². The van der Waals surface area contributed by atoms with Gasteiger partial charge in [-0.05, 0) is 31.7 Å². The fourth-order valence-corrected chi connectivity index (χ4v) is 2.49. The molecule has 0 aliphatic rings. The largest absolute Gasteiger partial charge is 0.416 e. The molecule has 1 unspecified atom stereocenters. The lowest BCUT2D eigenvalue weighted by atomic mass is 9.96. The van der Waals surface area contributed by atoms with Crippen molar-refractivity contribution in [1.82, 2.24) is 15.1 Å². The molecule has 1 aromatic heterocycles. The Morgan fingerprint density at radius 3 is 2.48 bits per heavy atom. The van der Waals surface area contributed by atoms with Crippen molar-refractivity contribution in [3.63, 3.8) is 0 Å². The quantitative estimate of drug-likeness (QED) is 0.939. The molecule has 2 aromatic rings. The molecule has 0 amide bonds. The molecule has 1 heterocycles. The van der Waals surface area contributed by atoms with Gasteiger partial charge < -0.3 is 5.32 Å². The van der Waals surface area contributed by atoms with Crippen molar-refractivity contribution in [2.75, 3.05) is 7.05 Å². The molecule has 0 fully saturated rings. The summed E-state index contributed by atoms with van der Waals surface area (Å²) in [5, 5.41) is 7.20. The Morgan fingerprint density at radius 1 is 1.29 bits per heavy atom. The molecule has 0 aliphatic carbocycles. The van der Waals surface area contributed by atoms with E-state index in [-0.39, 0.29) is 5.56 Å². The van der Waals surface area contributed by atoms with Gasteiger partial charge in [0.2, 0.25) is 0 Å². The van der Waals surface area contributed by atoms with Crippen molar-refractivity contribution in [3.8, 4) is 0 Å². The van der Waals surface area contributed by atoms with Crippen LogP contribution in [-0.4, -0.2) is 16.8 Å². The van der Waals surface area contributed by atoms with Gasteiger partial charge in [0.25, 0.3) is 0 Å². The molecule has 0 bridgehead atoms. The van der Waals surface area contributed by atoms with E-state index in [4.69, 9.17) is 0 Å². The Kier molecular flexibility index (Phi) is 4.37. The highest BCUT2D eigenvalue weighted by molar-refractivity contribution is 5.33. The first-order valence-corrected chi connectivity index (χ1v) is 6.66. The molecule has 0 radical (unpaired) electrons. The number of aryl methyl sites for hydroxylation is 2. The third-order valence-corrected chi connectivity index (χ3v) is 3.50. The predicted octanol–water partition coefficient (Wildman–Crippen LogP) is 3.25. The molecular formula is C15H18F3N3. The zero-order valence-electron chi connectivity index (χ0n) is 12.2. The summed E-state index contributed by atoms with van der Waals surface area (Å²) in [6.07, 6.45) is -3.91. The predicted molar refractivity (Wildman–Crippen MR) is 74.9 cm³/mol. The lowest BCUT2D eigenvalue weighted by molar-refractivity contribution is -0.138. The zero-order chi connectivity index (χ0) is 15.6. The van der Waals surface area contributed by atoms with E-state index in [1.165, 1.54) is 12.1 Å². The van der Waals surface area contributed by atoms with Crippen molar-refractivity contribution < 1.29 is 13.2 Å². The van der Waals surface area contributed by atoms with Crippen LogP contribution in [0.5, 0.6) is 0 Å². The van der Waals surface area contributed by atoms with E-state index in [1.807, 2.05) is 13.0 Å². The molecule has 1 atom stereocenters. The minimum absolute atomic E-state index is 0.256. The van der Waals surface area contributed by atoms with Crippen LogP contribution in [0, 0.1) is 6.92 Å². The Bertz CT molecular complexity index is 617. The number of halogens is 3. The normalized spacial score (nSPS) is 13.4. The highest BCUT2D eigenvalue weighted by Crippen LogP contribution is 2.35. The summed E-state index contributed by atoms with van der Waals surface area (Å²) < 4.78 is 41.1. The van der Waals surface area contributed by atoms with Crippen LogP contribution in [0.15, 0.2) is 30.3 Å². The number of aromatic nitrogens is 2. The van der Waals surface area contributed by atoms with Crippen LogP contribution in [0.25, 0.3) is 0 Å². The first kappa shape index (κ1) is 15.6. The maximum absolute atomic E-state index is 13.1. The van der Waals surface area contributed by atoms with Gasteiger partial charge in [0, 0.05) is 25.2 Å². The molecule has 0 saturated carbocycles. The number of nitrogens with zero attached hydrogens (tertiary/aromatic N) is 2. The molecule has 1 N–H and O–H groups in total. The molecule has 0 aliphatic heterocycles. The van der Waals surface area contributed by atoms with Gasteiger partial charge in [0.05, 0.1) is 11.3 Å². The summed E-state index contributed by atoms with van der Waals surface area (Å²) >= 11 is 0. The highest BCUT2D eigenvalue weighted by atomic mass is 19.4. The van der Waals surface area contributed by atoms with E-state index in [9.17, 15) is 13.2 Å². The van der Waals surface area contributed by atoms with E-state index in [2.05, 4.69) is 10.4 Å². The number of likely N-dealkylation sites (N-methyl/N-ethyl adjacent to an activating group) is 1. The monoisotopic (exact) mass is 297 g/mol. The molecule has 1 aromatic carbocycles. The second-order valence-electron chi connectivity index (χ2n) is 5.03. The number of rotatable bonds is 4. The zero-order valence-corrected chi connectivity index (χ0v) is 12.2. The van der Waals surface area contributed by atoms with Crippen LogP contribution in [0.3, 0.4) is 0 Å². The van der Waals surface area contributed by atoms with Crippen LogP contribution in [-0.2, 0) is 19.6 Å². The molecule has 6 heteroatoms. The van der Waals surface area contributed by atoms with Crippen molar-refractivity contribution in [2.45, 2.75) is 25.6 Å². The topological polar surface area (TPSA) is 29.9 Å². The standard InChI is InChI=1S/C15H18F3N3/c1-10-8-11(21(3)20-10)9-14(19-2)12-6-4-5-7-13(12)15(16,17)18/h4-8,14,19H,9H2,1-3H3. The summed E-state index contributed by atoms with van der Waals surface area (Å²) in [4.78, 5) is 0. The number of nitrogens with one attached hydrogen (secondary N) is 1. The van der Waals surface area contributed by atoms with Gasteiger partial charge in [-0.3, -0.25) is 4.68 Å². The van der Waals surface area contributed by atoms with Crippen LogP contribution in [0.4, 0.5) is 13.2 Å². The maximum Gasteiger partial charge on any atom is 0.416 e. The summed E-state index contributed by atoms with van der Waals surface area (Å²) in [7, 11) is 3.46. The first-order chi connectivity index (χ1) is 9.82. The first-order valence-electron chi connectivity index (χ1n) is 6.66. The molecular weight excluding hydrogens is 279 g/mol. The molecule has 21 heavy (non-hydrogen) atoms. The SMILES string of the molecule is CNC(Cc1cc(C)nn1C)c1ccccc1C(F)(F)F. The van der Waals surface area contributed by atoms with Gasteiger partial charge in [-0.1, -0.05) is 18.2 Å². The van der Waals surface area contributed by atoms with Gasteiger partial charge in [0.1, 0.15) is 0 Å². The second kappa shape index (κ2) is 5.89. The van der Waals surface area contributed by atoms with E-state index >= 15 is 0 Å². The lowest BCUT2D eigenvalue weighted by Crippen LogP contribution is -2.23. The summed E-state index contributed by atoms with van der Waals surface area (Å²) in [6, 6.07) is 7.15. The molecule has 3 nitrogen and oxygen atoms in total. The minimum atomic E-state index is -4.35. The highest BCUT2D eigenvalue weighted by Gasteiger charge is 2.34. The fraction of sp³-hybridized carbons (Fsp3) is 0.400. The average Bonchev–Trinajstić information content (AvgIpc) is 2.73. The van der Waals surface area contributed by atoms with Crippen LogP contribution < -0.4 is 5.32 Å². The number of hydrogen-bond acceptors (Lipinski definition) is 2. The summed E-state index contributed by atoms with van der Waals surface area (Å²) in [5.74, 6) is 0. The van der Waals surface area contributed by atoms with E-state index in [0.717, 1.165) is 17.5 Å². The molecule has 2 rings (SSSR count). The lowest BCUT2D eigenvalue weighted by Gasteiger charge is -2.21. The third-order valence-electron chi connectivity index (χ3n) is 3.50. The van der Waals surface area contributed by atoms with E-state index < -0.39 is 17.8 Å². The van der Waals surface area contributed by atoms with Crippen molar-refractivity contribution in [1.29, 1.82) is 0 Å². The van der Waals surface area contributed by atoms with Gasteiger partial charge in [-0.25, -0.2) is 0 Å². The van der Waals surface area contributed by atoms with E-state index in [0.29, 0.717) is 6.42 Å². The van der Waals surface area contributed by atoms with Gasteiger partial charge >= 0.3 is 6.18 Å². The smallest absolute Gasteiger partial charge is 0.313 e. The number of hydrogen-bond donors (Lipinski definition) is 1. The Labute approximate surface area is 121 Å². The summed E-state index contributed by atoms with van der Waals surface area (Å²) in [6.45, 7) is 1.86. The number of alkyl halides is 3. The average molecular weight is 297 g/mol. The molecule has 0 spiro atoms. The summed E-state index contributed by atoms with van der Waals surface area (Å²) in [5.41, 5.74) is 1.41. The fourth-order valence-electron chi connectivity index (χ4n) is 2.49. The van der Waals surface area contributed by atoms with Crippen LogP contribution in [0.1, 0.15) is 28.6 Å². The van der Waals surface area contributed by atoms with Gasteiger partial charge in [0.15, 0.2) is 0 Å². The van der Waals surface area contributed by atoms with Gasteiger partial charge in [-0.2, -0.15) is 18.3 Å². The number of benzene rings is 1. The van der Waals surface area contributed by atoms with Crippen LogP contribution >= 0.6 is 0 Å². The Balaban J connectivity index is 2.36. The Hall–Kier alpha value is -1.82. The van der Waals surface area contributed by atoms with Crippen molar-refractivity contribution >= 4 is 0 Å². The van der Waals surface area contributed by atoms with Gasteiger partial charge in [-0.15, -0.1) is 0 Å². The third kappa shape index (κ3) is 3.44. The molecule has 114 valence electrons. The second-order valence-corrected chi connectivity index (χ2v) is 5.03.